The maximum absolute atomic E-state index is 13.0. The van der Waals surface area contributed by atoms with Gasteiger partial charge in [0.2, 0.25) is 5.91 Å². The number of hydrogen-bond acceptors (Lipinski definition) is 5. The van der Waals surface area contributed by atoms with Crippen molar-refractivity contribution in [3.05, 3.63) is 88.1 Å². The first-order valence-electron chi connectivity index (χ1n) is 10.7. The van der Waals surface area contributed by atoms with E-state index in [1.54, 1.807) is 16.4 Å². The lowest BCUT2D eigenvalue weighted by Crippen LogP contribution is -2.23. The van der Waals surface area contributed by atoms with Crippen LogP contribution in [-0.2, 0) is 18.4 Å². The summed E-state index contributed by atoms with van der Waals surface area (Å²) in [6, 6.07) is 19.5. The molecule has 4 aromatic rings. The summed E-state index contributed by atoms with van der Waals surface area (Å²) in [4.78, 5) is 25.6. The first-order chi connectivity index (χ1) is 16.0. The van der Waals surface area contributed by atoms with Crippen LogP contribution in [0.5, 0.6) is 0 Å². The highest BCUT2D eigenvalue weighted by Crippen LogP contribution is 2.20. The average molecular weight is 463 g/mol. The van der Waals surface area contributed by atoms with E-state index in [9.17, 15) is 9.59 Å². The van der Waals surface area contributed by atoms with Crippen molar-refractivity contribution in [1.82, 2.24) is 24.1 Å². The molecule has 0 aliphatic heterocycles. The van der Waals surface area contributed by atoms with Crippen molar-refractivity contribution in [1.29, 1.82) is 0 Å². The van der Waals surface area contributed by atoms with E-state index in [1.807, 2.05) is 66.9 Å². The van der Waals surface area contributed by atoms with Crippen LogP contribution in [0.4, 0.5) is 5.69 Å². The third kappa shape index (κ3) is 4.93. The Morgan fingerprint density at radius 3 is 2.36 bits per heavy atom. The molecule has 33 heavy (non-hydrogen) atoms. The number of thioether (sulfide) groups is 1. The quantitative estimate of drug-likeness (QED) is 0.405. The van der Waals surface area contributed by atoms with E-state index in [1.165, 1.54) is 11.8 Å². The van der Waals surface area contributed by atoms with Gasteiger partial charge in [-0.1, -0.05) is 60.3 Å². The van der Waals surface area contributed by atoms with Crippen LogP contribution in [-0.4, -0.2) is 35.8 Å². The molecule has 4 rings (SSSR count). The van der Waals surface area contributed by atoms with Gasteiger partial charge < -0.3 is 9.88 Å². The van der Waals surface area contributed by atoms with Crippen LogP contribution < -0.4 is 10.9 Å². The molecule has 0 aliphatic carbocycles. The van der Waals surface area contributed by atoms with Gasteiger partial charge in [-0.25, -0.2) is 4.68 Å². The molecule has 0 saturated carbocycles. The van der Waals surface area contributed by atoms with Crippen molar-refractivity contribution in [2.24, 2.45) is 7.05 Å². The molecule has 1 amide bonds. The molecule has 2 heterocycles. The van der Waals surface area contributed by atoms with E-state index in [-0.39, 0.29) is 17.9 Å². The van der Waals surface area contributed by atoms with Gasteiger partial charge >= 0.3 is 0 Å². The molecule has 0 saturated heterocycles. The molecule has 0 aliphatic rings. The molecule has 0 atom stereocenters. The smallest absolute Gasteiger partial charge is 0.295 e. The zero-order valence-corrected chi connectivity index (χ0v) is 19.7. The number of anilines is 1. The number of carbonyl (C=O) groups excluding carboxylic acids is 1. The molecule has 9 heteroatoms. The van der Waals surface area contributed by atoms with E-state index >= 15 is 0 Å². The number of hydrogen-bond donors (Lipinski definition) is 1. The third-order valence-corrected chi connectivity index (χ3v) is 6.43. The monoisotopic (exact) mass is 462 g/mol. The van der Waals surface area contributed by atoms with Crippen LogP contribution >= 0.6 is 11.8 Å². The molecule has 2 aromatic heterocycles. The lowest BCUT2D eigenvalue weighted by atomic mass is 10.2. The summed E-state index contributed by atoms with van der Waals surface area (Å²) in [5, 5.41) is 12.0. The van der Waals surface area contributed by atoms with Crippen molar-refractivity contribution >= 4 is 23.4 Å². The Hall–Kier alpha value is -3.59. The molecule has 2 aromatic carbocycles. The molecule has 0 unspecified atom stereocenters. The van der Waals surface area contributed by atoms with Gasteiger partial charge in [-0.2, -0.15) is 0 Å². The highest BCUT2D eigenvalue weighted by molar-refractivity contribution is 7.99. The van der Waals surface area contributed by atoms with E-state index in [0.717, 1.165) is 22.2 Å². The van der Waals surface area contributed by atoms with E-state index in [2.05, 4.69) is 27.6 Å². The Kier molecular flexibility index (Phi) is 6.79. The summed E-state index contributed by atoms with van der Waals surface area (Å²) in [6.07, 6.45) is 0.251. The van der Waals surface area contributed by atoms with Gasteiger partial charge in [0.15, 0.2) is 5.16 Å². The number of amides is 1. The van der Waals surface area contributed by atoms with Gasteiger partial charge in [0.25, 0.3) is 5.56 Å². The van der Waals surface area contributed by atoms with Crippen molar-refractivity contribution in [2.45, 2.75) is 32.0 Å². The van der Waals surface area contributed by atoms with Gasteiger partial charge in [0.05, 0.1) is 17.9 Å². The largest absolute Gasteiger partial charge is 0.320 e. The second-order valence-electron chi connectivity index (χ2n) is 7.68. The second kappa shape index (κ2) is 9.91. The number of carbonyl (C=O) groups is 1. The number of rotatable bonds is 8. The van der Waals surface area contributed by atoms with E-state index < -0.39 is 0 Å². The maximum Gasteiger partial charge on any atom is 0.295 e. The summed E-state index contributed by atoms with van der Waals surface area (Å²) < 4.78 is 5.34. The predicted octanol–water partition coefficient (Wildman–Crippen LogP) is 3.55. The number of benzene rings is 2. The Morgan fingerprint density at radius 2 is 1.67 bits per heavy atom. The van der Waals surface area contributed by atoms with Crippen LogP contribution in [0, 0.1) is 13.8 Å². The summed E-state index contributed by atoms with van der Waals surface area (Å²) in [6.45, 7) is 4.42. The molecule has 0 radical (unpaired) electrons. The Morgan fingerprint density at radius 1 is 1.00 bits per heavy atom. The van der Waals surface area contributed by atoms with Crippen LogP contribution in [0.15, 0.2) is 70.6 Å². The molecule has 0 spiro atoms. The molecule has 0 bridgehead atoms. The fraction of sp³-hybridized carbons (Fsp3) is 0.250. The molecule has 0 fully saturated rings. The Labute approximate surface area is 196 Å². The van der Waals surface area contributed by atoms with Gasteiger partial charge in [0, 0.05) is 19.2 Å². The van der Waals surface area contributed by atoms with Gasteiger partial charge in [0.1, 0.15) is 11.5 Å². The molecular weight excluding hydrogens is 436 g/mol. The number of nitrogens with zero attached hydrogens (tertiary/aromatic N) is 5. The fourth-order valence-electron chi connectivity index (χ4n) is 3.57. The van der Waals surface area contributed by atoms with E-state index in [4.69, 9.17) is 0 Å². The van der Waals surface area contributed by atoms with Crippen LogP contribution in [0.1, 0.15) is 23.5 Å². The maximum atomic E-state index is 13.0. The lowest BCUT2D eigenvalue weighted by molar-refractivity contribution is -0.115. The third-order valence-electron chi connectivity index (χ3n) is 5.46. The zero-order valence-electron chi connectivity index (χ0n) is 18.9. The van der Waals surface area contributed by atoms with E-state index in [0.29, 0.717) is 23.7 Å². The zero-order chi connectivity index (χ0) is 23.4. The first-order valence-corrected chi connectivity index (χ1v) is 11.6. The normalized spacial score (nSPS) is 11.0. The molecule has 170 valence electrons. The molecule has 8 nitrogen and oxygen atoms in total. The van der Waals surface area contributed by atoms with Crippen LogP contribution in [0.2, 0.25) is 0 Å². The standard InChI is InChI=1S/C24H26N6O2S/c1-17-22(23(32)30(28(17)3)20-12-8-5-9-13-20)25-21(31)14-15-33-24-27-26-18(2)29(24)16-19-10-6-4-7-11-19/h4-13H,14-16H2,1-3H3,(H,25,31). The Balaban J connectivity index is 1.40. The van der Waals surface area contributed by atoms with Crippen molar-refractivity contribution in [3.63, 3.8) is 0 Å². The molecular formula is C24H26N6O2S. The van der Waals surface area contributed by atoms with Crippen molar-refractivity contribution < 1.29 is 4.79 Å². The SMILES string of the molecule is Cc1nnc(SCCC(=O)Nc2c(C)n(C)n(-c3ccccc3)c2=O)n1Cc1ccccc1. The molecule has 1 N–H and O–H groups in total. The predicted molar refractivity (Wildman–Crippen MR) is 130 cm³/mol. The minimum Gasteiger partial charge on any atom is -0.320 e. The van der Waals surface area contributed by atoms with Gasteiger partial charge in [-0.15, -0.1) is 10.2 Å². The van der Waals surface area contributed by atoms with Crippen molar-refractivity contribution in [3.8, 4) is 5.69 Å². The number of nitrogens with one attached hydrogen (secondary N) is 1. The summed E-state index contributed by atoms with van der Waals surface area (Å²) >= 11 is 1.48. The number of aryl methyl sites for hydroxylation is 1. The summed E-state index contributed by atoms with van der Waals surface area (Å²) in [5.74, 6) is 1.14. The minimum atomic E-state index is -0.250. The lowest BCUT2D eigenvalue weighted by Gasteiger charge is -2.08. The summed E-state index contributed by atoms with van der Waals surface area (Å²) in [7, 11) is 1.80. The number of para-hydroxylation sites is 1. The highest BCUT2D eigenvalue weighted by Gasteiger charge is 2.18. The van der Waals surface area contributed by atoms with Crippen molar-refractivity contribution in [2.75, 3.05) is 11.1 Å². The highest BCUT2D eigenvalue weighted by atomic mass is 32.2. The van der Waals surface area contributed by atoms with Crippen LogP contribution in [0.25, 0.3) is 5.69 Å². The topological polar surface area (TPSA) is 86.7 Å². The number of aromatic nitrogens is 5. The van der Waals surface area contributed by atoms with Crippen LogP contribution in [0.3, 0.4) is 0 Å². The van der Waals surface area contributed by atoms with Gasteiger partial charge in [-0.3, -0.25) is 14.3 Å². The minimum absolute atomic E-state index is 0.209. The fourth-order valence-corrected chi connectivity index (χ4v) is 4.49. The summed E-state index contributed by atoms with van der Waals surface area (Å²) in [5.41, 5.74) is 2.66. The first kappa shape index (κ1) is 22.6. The Bertz CT molecular complexity index is 1310. The van der Waals surface area contributed by atoms with Gasteiger partial charge in [-0.05, 0) is 31.5 Å². The second-order valence-corrected chi connectivity index (χ2v) is 8.75. The average Bonchev–Trinajstić information content (AvgIpc) is 3.26.